The summed E-state index contributed by atoms with van der Waals surface area (Å²) in [6.07, 6.45) is 0. The van der Waals surface area contributed by atoms with Crippen LogP contribution in [0.3, 0.4) is 0 Å². The Morgan fingerprint density at radius 1 is 0.512 bits per heavy atom. The second kappa shape index (κ2) is 9.34. The van der Waals surface area contributed by atoms with Crippen LogP contribution in [0.5, 0.6) is 0 Å². The largest absolute Gasteiger partial charge is 0.291 e. The van der Waals surface area contributed by atoms with E-state index in [2.05, 4.69) is 156 Å². The predicted molar refractivity (Wildman–Crippen MR) is 189 cm³/mol. The second-order valence-electron chi connectivity index (χ2n) is 11.1. The number of benzene rings is 7. The monoisotopic (exact) mass is 584 g/mol. The summed E-state index contributed by atoms with van der Waals surface area (Å²) < 4.78 is 2.41. The molecule has 0 spiro atoms. The van der Waals surface area contributed by atoms with Crippen LogP contribution in [0.4, 0.5) is 0 Å². The van der Waals surface area contributed by atoms with E-state index in [-0.39, 0.29) is 0 Å². The standard InChI is InChI=1S/C39H25N2PS/c43-42(29-15-3-1-4-16-29,30-17-5-2-6-18-30)36-21-11-20-34-38(36)41-35-25-28-14-8-7-13-27(28)24-33(35)32-23-22-26-12-9-10-19-31(26)37(32)39(41)40-34/h1-25H. The highest BCUT2D eigenvalue weighted by Crippen LogP contribution is 2.46. The van der Waals surface area contributed by atoms with E-state index in [0.717, 1.165) is 22.2 Å². The van der Waals surface area contributed by atoms with Crippen molar-refractivity contribution in [3.8, 4) is 0 Å². The third kappa shape index (κ3) is 3.53. The minimum atomic E-state index is -2.46. The van der Waals surface area contributed by atoms with E-state index in [1.54, 1.807) is 0 Å². The van der Waals surface area contributed by atoms with Crippen LogP contribution in [-0.2, 0) is 11.8 Å². The molecule has 0 N–H and O–H groups in total. The van der Waals surface area contributed by atoms with E-state index in [4.69, 9.17) is 16.8 Å². The van der Waals surface area contributed by atoms with Gasteiger partial charge in [-0.1, -0.05) is 145 Å². The predicted octanol–water partition coefficient (Wildman–Crippen LogP) is 8.86. The first-order chi connectivity index (χ1) is 21.2. The van der Waals surface area contributed by atoms with Gasteiger partial charge in [-0.2, -0.15) is 0 Å². The number of aromatic nitrogens is 2. The Labute approximate surface area is 253 Å². The van der Waals surface area contributed by atoms with Crippen molar-refractivity contribution in [1.29, 1.82) is 0 Å². The summed E-state index contributed by atoms with van der Waals surface area (Å²) in [4.78, 5) is 5.42. The van der Waals surface area contributed by atoms with Gasteiger partial charge < -0.3 is 0 Å². The first kappa shape index (κ1) is 24.7. The Kier molecular flexibility index (Phi) is 5.38. The van der Waals surface area contributed by atoms with Crippen molar-refractivity contribution in [2.75, 3.05) is 0 Å². The van der Waals surface area contributed by atoms with E-state index < -0.39 is 6.04 Å². The maximum atomic E-state index is 6.90. The third-order valence-electron chi connectivity index (χ3n) is 8.78. The van der Waals surface area contributed by atoms with Crippen molar-refractivity contribution < 1.29 is 0 Å². The fourth-order valence-corrected chi connectivity index (χ4v) is 10.9. The van der Waals surface area contributed by atoms with Gasteiger partial charge in [0.15, 0.2) is 0 Å². The molecule has 7 aromatic carbocycles. The molecule has 0 fully saturated rings. The van der Waals surface area contributed by atoms with E-state index in [1.807, 2.05) is 0 Å². The molecule has 0 atom stereocenters. The quantitative estimate of drug-likeness (QED) is 0.117. The minimum absolute atomic E-state index is 0.966. The lowest BCUT2D eigenvalue weighted by Gasteiger charge is -2.25. The Morgan fingerprint density at radius 2 is 1.14 bits per heavy atom. The van der Waals surface area contributed by atoms with Gasteiger partial charge in [0.05, 0.1) is 16.6 Å². The van der Waals surface area contributed by atoms with Crippen molar-refractivity contribution in [2.45, 2.75) is 0 Å². The van der Waals surface area contributed by atoms with Gasteiger partial charge in [-0.15, -0.1) is 0 Å². The molecule has 202 valence electrons. The smallest absolute Gasteiger partial charge is 0.147 e. The Morgan fingerprint density at radius 3 is 1.86 bits per heavy atom. The van der Waals surface area contributed by atoms with Crippen LogP contribution in [0.2, 0.25) is 0 Å². The summed E-state index contributed by atoms with van der Waals surface area (Å²) in [5.74, 6) is 0. The van der Waals surface area contributed by atoms with Gasteiger partial charge in [-0.3, -0.25) is 4.40 Å². The third-order valence-corrected chi connectivity index (χ3v) is 13.7. The van der Waals surface area contributed by atoms with Gasteiger partial charge in [-0.05, 0) is 55.7 Å². The zero-order valence-corrected chi connectivity index (χ0v) is 24.9. The molecular formula is C39H25N2PS. The number of pyridine rings is 1. The van der Waals surface area contributed by atoms with Crippen LogP contribution in [0, 0.1) is 0 Å². The molecule has 0 aliphatic heterocycles. The molecule has 9 rings (SSSR count). The topological polar surface area (TPSA) is 17.3 Å². The van der Waals surface area contributed by atoms with Crippen LogP contribution in [-0.4, -0.2) is 9.38 Å². The summed E-state index contributed by atoms with van der Waals surface area (Å²) in [5, 5.41) is 12.0. The van der Waals surface area contributed by atoms with Crippen LogP contribution >= 0.6 is 6.04 Å². The number of rotatable bonds is 3. The summed E-state index contributed by atoms with van der Waals surface area (Å²) in [6, 6.07) is 51.9. The molecule has 0 saturated heterocycles. The van der Waals surface area contributed by atoms with Gasteiger partial charge >= 0.3 is 0 Å². The van der Waals surface area contributed by atoms with Crippen LogP contribution in [0.25, 0.3) is 59.9 Å². The molecule has 43 heavy (non-hydrogen) atoms. The van der Waals surface area contributed by atoms with Crippen LogP contribution in [0.15, 0.2) is 152 Å². The van der Waals surface area contributed by atoms with Crippen molar-refractivity contribution in [2.24, 2.45) is 0 Å². The molecule has 9 aromatic rings. The number of imidazole rings is 1. The molecule has 0 aliphatic rings. The van der Waals surface area contributed by atoms with E-state index in [1.165, 1.54) is 53.6 Å². The van der Waals surface area contributed by atoms with Gasteiger partial charge in [-0.25, -0.2) is 4.98 Å². The zero-order chi connectivity index (χ0) is 28.5. The maximum Gasteiger partial charge on any atom is 0.147 e. The van der Waals surface area contributed by atoms with Crippen LogP contribution in [0.1, 0.15) is 0 Å². The van der Waals surface area contributed by atoms with Gasteiger partial charge in [0.2, 0.25) is 0 Å². The number of nitrogens with zero attached hydrogens (tertiary/aromatic N) is 2. The number of fused-ring (bicyclic) bond motifs is 11. The van der Waals surface area contributed by atoms with Crippen LogP contribution < -0.4 is 15.9 Å². The molecule has 0 aliphatic carbocycles. The van der Waals surface area contributed by atoms with E-state index in [0.29, 0.717) is 0 Å². The lowest BCUT2D eigenvalue weighted by Crippen LogP contribution is -2.25. The number of para-hydroxylation sites is 1. The van der Waals surface area contributed by atoms with Crippen molar-refractivity contribution >= 4 is 93.7 Å². The highest BCUT2D eigenvalue weighted by molar-refractivity contribution is 8.25. The summed E-state index contributed by atoms with van der Waals surface area (Å²) in [6.45, 7) is 0. The minimum Gasteiger partial charge on any atom is -0.291 e. The van der Waals surface area contributed by atoms with Crippen molar-refractivity contribution in [3.05, 3.63) is 152 Å². The van der Waals surface area contributed by atoms with E-state index in [9.17, 15) is 0 Å². The number of hydrogen-bond donors (Lipinski definition) is 0. The zero-order valence-electron chi connectivity index (χ0n) is 23.2. The molecule has 4 heteroatoms. The average molecular weight is 585 g/mol. The second-order valence-corrected chi connectivity index (χ2v) is 15.5. The lowest BCUT2D eigenvalue weighted by atomic mass is 9.98. The number of hydrogen-bond acceptors (Lipinski definition) is 2. The maximum absolute atomic E-state index is 6.90. The molecular weight excluding hydrogens is 559 g/mol. The lowest BCUT2D eigenvalue weighted by molar-refractivity contribution is 1.32. The average Bonchev–Trinajstić information content (AvgIpc) is 3.48. The van der Waals surface area contributed by atoms with Gasteiger partial charge in [0, 0.05) is 22.1 Å². The first-order valence-electron chi connectivity index (χ1n) is 14.5. The Bertz CT molecular complexity index is 2540. The summed E-state index contributed by atoms with van der Waals surface area (Å²) in [7, 11) is 0. The molecule has 2 nitrogen and oxygen atoms in total. The molecule has 0 unspecified atom stereocenters. The Hall–Kier alpha value is -4.82. The fourth-order valence-electron chi connectivity index (χ4n) is 6.83. The highest BCUT2D eigenvalue weighted by atomic mass is 32.4. The normalized spacial score (nSPS) is 12.3. The highest BCUT2D eigenvalue weighted by Gasteiger charge is 2.29. The molecule has 0 radical (unpaired) electrons. The van der Waals surface area contributed by atoms with Crippen molar-refractivity contribution in [1.82, 2.24) is 9.38 Å². The molecule has 0 bridgehead atoms. The van der Waals surface area contributed by atoms with Crippen molar-refractivity contribution in [3.63, 3.8) is 0 Å². The Balaban J connectivity index is 1.56. The van der Waals surface area contributed by atoms with E-state index >= 15 is 0 Å². The fraction of sp³-hybridized carbons (Fsp3) is 0. The SMILES string of the molecule is S=P(c1ccccc1)(c1ccccc1)c1cccc2nc3c4c5ccccc5ccc4c4cc5ccccc5cc4n3c12. The molecule has 2 aromatic heterocycles. The molecule has 2 heterocycles. The van der Waals surface area contributed by atoms with Gasteiger partial charge in [0.1, 0.15) is 5.65 Å². The molecule has 0 amide bonds. The molecule has 0 saturated carbocycles. The van der Waals surface area contributed by atoms with Gasteiger partial charge in [0.25, 0.3) is 0 Å². The summed E-state index contributed by atoms with van der Waals surface area (Å²) in [5.41, 5.74) is 4.19. The summed E-state index contributed by atoms with van der Waals surface area (Å²) >= 11 is 6.90. The first-order valence-corrected chi connectivity index (χ1v) is 17.3.